The molecule has 3 heterocycles. The molecular weight excluding hydrogens is 652 g/mol. The molecule has 0 amide bonds. The van der Waals surface area contributed by atoms with Crippen molar-refractivity contribution in [1.82, 2.24) is 15.2 Å². The number of aliphatic imine (C=N–C) groups is 1. The number of aromatic nitrogens is 1. The second-order valence-electron chi connectivity index (χ2n) is 12.5. The van der Waals surface area contributed by atoms with Crippen molar-refractivity contribution in [2.75, 3.05) is 26.7 Å². The smallest absolute Gasteiger partial charge is 0.340 e. The summed E-state index contributed by atoms with van der Waals surface area (Å²) in [5, 5.41) is 16.2. The number of thiazole rings is 1. The molecule has 0 radical (unpaired) electrons. The second-order valence-corrected chi connectivity index (χ2v) is 13.8. The normalized spacial score (nSPS) is 18.3. The van der Waals surface area contributed by atoms with Crippen molar-refractivity contribution in [3.05, 3.63) is 109 Å². The minimum Gasteiger partial charge on any atom is -0.465 e. The monoisotopic (exact) mass is 693 g/mol. The number of methoxy groups -OCH3 is 1. The molecule has 11 heteroatoms. The van der Waals surface area contributed by atoms with E-state index in [2.05, 4.69) is 15.2 Å². The Morgan fingerprint density at radius 2 is 2.10 bits per heavy atom. The highest BCUT2D eigenvalue weighted by atomic mass is 35.5. The van der Waals surface area contributed by atoms with E-state index in [0.717, 1.165) is 50.8 Å². The Bertz CT molecular complexity index is 1740. The summed E-state index contributed by atoms with van der Waals surface area (Å²) in [4.78, 5) is 24.1. The lowest BCUT2D eigenvalue weighted by atomic mass is 9.90. The molecule has 0 bridgehead atoms. The average molecular weight is 694 g/mol. The van der Waals surface area contributed by atoms with Gasteiger partial charge in [-0.25, -0.2) is 18.6 Å². The summed E-state index contributed by atoms with van der Waals surface area (Å²) in [6.45, 7) is 7.45. The summed E-state index contributed by atoms with van der Waals surface area (Å²) in [7, 11) is 1.24. The van der Waals surface area contributed by atoms with Crippen molar-refractivity contribution in [1.29, 1.82) is 5.41 Å². The van der Waals surface area contributed by atoms with E-state index in [9.17, 15) is 19.0 Å². The van der Waals surface area contributed by atoms with Crippen LogP contribution in [-0.4, -0.2) is 60.3 Å². The maximum atomic E-state index is 14.4. The topological polar surface area (TPSA) is 90.7 Å². The van der Waals surface area contributed by atoms with Gasteiger partial charge in [0, 0.05) is 41.0 Å². The number of fused-ring (bicyclic) bond motifs is 1. The van der Waals surface area contributed by atoms with E-state index in [1.807, 2.05) is 49.6 Å². The number of aryl methyl sites for hydroxylation is 2. The lowest BCUT2D eigenvalue weighted by molar-refractivity contribution is 0.0595. The first-order chi connectivity index (χ1) is 23.1. The summed E-state index contributed by atoms with van der Waals surface area (Å²) >= 11 is 8.37. The maximum Gasteiger partial charge on any atom is 0.340 e. The zero-order valence-corrected chi connectivity index (χ0v) is 29.4. The number of carbonyl (C=O) groups excluding carboxylic acids is 1. The average Bonchev–Trinajstić information content (AvgIpc) is 3.73. The van der Waals surface area contributed by atoms with Crippen LogP contribution in [0.4, 0.5) is 8.78 Å². The predicted octanol–water partition coefficient (Wildman–Crippen LogP) is 8.35. The fraction of sp³-hybridized carbons (Fsp3) is 0.405. The molecule has 5 rings (SSSR count). The van der Waals surface area contributed by atoms with Gasteiger partial charge in [-0.15, -0.1) is 11.3 Å². The molecule has 48 heavy (non-hydrogen) atoms. The van der Waals surface area contributed by atoms with Crippen molar-refractivity contribution < 1.29 is 18.3 Å². The summed E-state index contributed by atoms with van der Waals surface area (Å²) < 4.78 is 32.5. The van der Waals surface area contributed by atoms with Gasteiger partial charge in [0.1, 0.15) is 11.9 Å². The van der Waals surface area contributed by atoms with Crippen LogP contribution in [0, 0.1) is 31.0 Å². The first-order valence-electron chi connectivity index (χ1n) is 16.3. The van der Waals surface area contributed by atoms with E-state index in [4.69, 9.17) is 21.3 Å². The molecule has 7 nitrogen and oxygen atoms in total. The Hall–Kier alpha value is -3.73. The minimum absolute atomic E-state index is 0.0593. The van der Waals surface area contributed by atoms with E-state index in [0.29, 0.717) is 56.1 Å². The zero-order chi connectivity index (χ0) is 34.4. The van der Waals surface area contributed by atoms with E-state index in [1.165, 1.54) is 24.5 Å². The number of allylic oxidation sites excluding steroid dienone is 3. The molecule has 2 aromatic carbocycles. The van der Waals surface area contributed by atoms with Gasteiger partial charge in [0.2, 0.25) is 0 Å². The van der Waals surface area contributed by atoms with Gasteiger partial charge in [0.05, 0.1) is 24.6 Å². The number of hydrogen-bond acceptors (Lipinski definition) is 8. The van der Waals surface area contributed by atoms with Crippen molar-refractivity contribution in [3.63, 3.8) is 0 Å². The Labute approximate surface area is 290 Å². The molecule has 0 saturated carbocycles. The van der Waals surface area contributed by atoms with Crippen LogP contribution in [0.25, 0.3) is 0 Å². The molecule has 2 N–H and O–H groups in total. The van der Waals surface area contributed by atoms with Gasteiger partial charge < -0.3 is 20.4 Å². The standard InChI is InChI=1S/C37H42ClF2N5O2S/c1-22-10-11-27(29(38)16-22)34-33(31(41)9-7-5-6-8-24(3)39)32-18-25(21-45(32)35(44-34)36-43-14-15-48-36)20-42-13-12-26-19-28(37(46)47-4)30(40)17-23(26)2/h7,9-11,14-17,19,24-25,34,41-42H,5-6,8,12-13,18,20-21H2,1-4H3/b9-7-,41-31?/t24?,25-,34+/m1/s1. The molecule has 1 fully saturated rings. The number of benzene rings is 2. The van der Waals surface area contributed by atoms with Crippen LogP contribution in [0.15, 0.2) is 70.3 Å². The number of halogens is 3. The van der Waals surface area contributed by atoms with Gasteiger partial charge in [-0.3, -0.25) is 4.99 Å². The Kier molecular flexibility index (Phi) is 11.9. The van der Waals surface area contributed by atoms with Gasteiger partial charge in [-0.1, -0.05) is 29.8 Å². The lowest BCUT2D eigenvalue weighted by Gasteiger charge is -2.33. The van der Waals surface area contributed by atoms with E-state index >= 15 is 0 Å². The molecule has 0 aliphatic carbocycles. The fourth-order valence-corrected chi connectivity index (χ4v) is 7.29. The van der Waals surface area contributed by atoms with Crippen LogP contribution < -0.4 is 5.32 Å². The van der Waals surface area contributed by atoms with Crippen LogP contribution in [0.3, 0.4) is 0 Å². The van der Waals surface area contributed by atoms with Crippen LogP contribution in [0.2, 0.25) is 5.02 Å². The van der Waals surface area contributed by atoms with Crippen LogP contribution >= 0.6 is 22.9 Å². The summed E-state index contributed by atoms with van der Waals surface area (Å²) in [5.41, 5.74) is 5.71. The fourth-order valence-electron chi connectivity index (χ4n) is 6.31. The third-order valence-electron chi connectivity index (χ3n) is 8.80. The van der Waals surface area contributed by atoms with Crippen molar-refractivity contribution in [2.24, 2.45) is 10.9 Å². The molecule has 254 valence electrons. The van der Waals surface area contributed by atoms with Crippen LogP contribution in [0.5, 0.6) is 0 Å². The summed E-state index contributed by atoms with van der Waals surface area (Å²) in [6, 6.07) is 8.42. The number of rotatable bonds is 14. The van der Waals surface area contributed by atoms with E-state index in [1.54, 1.807) is 19.2 Å². The van der Waals surface area contributed by atoms with Gasteiger partial charge in [0.25, 0.3) is 0 Å². The van der Waals surface area contributed by atoms with Crippen molar-refractivity contribution in [2.45, 2.75) is 65.1 Å². The molecule has 2 aliphatic heterocycles. The third kappa shape index (κ3) is 8.28. The van der Waals surface area contributed by atoms with Crippen LogP contribution in [0.1, 0.15) is 76.3 Å². The second kappa shape index (κ2) is 16.1. The Morgan fingerprint density at radius 1 is 1.29 bits per heavy atom. The number of unbranched alkanes of at least 4 members (excludes halogenated alkanes) is 1. The van der Waals surface area contributed by atoms with Gasteiger partial charge in [0.15, 0.2) is 10.8 Å². The molecule has 0 spiro atoms. The first-order valence-corrected chi connectivity index (χ1v) is 17.5. The Balaban J connectivity index is 1.40. The summed E-state index contributed by atoms with van der Waals surface area (Å²) in [5.74, 6) is -0.277. The number of hydrogen-bond donors (Lipinski definition) is 2. The number of nitrogens with zero attached hydrogens (tertiary/aromatic N) is 3. The number of alkyl halides is 1. The predicted molar refractivity (Wildman–Crippen MR) is 190 cm³/mol. The number of ether oxygens (including phenoxy) is 1. The molecule has 1 aromatic heterocycles. The van der Waals surface area contributed by atoms with Gasteiger partial charge in [-0.2, -0.15) is 0 Å². The van der Waals surface area contributed by atoms with E-state index < -0.39 is 24.0 Å². The van der Waals surface area contributed by atoms with Gasteiger partial charge >= 0.3 is 5.97 Å². The first kappa shape index (κ1) is 35.6. The van der Waals surface area contributed by atoms with Crippen LogP contribution in [-0.2, 0) is 11.2 Å². The SMILES string of the molecule is COC(=O)c1cc(CCNC[C@H]2CC3=C(C(=N)/C=C\CCCC(C)F)[C@H](c4ccc(C)cc4Cl)N=C(c4nccs4)N3C2)c(C)cc1F. The molecule has 3 aromatic rings. The molecule has 3 atom stereocenters. The largest absolute Gasteiger partial charge is 0.465 e. The molecule has 1 unspecified atom stereocenters. The highest BCUT2D eigenvalue weighted by Crippen LogP contribution is 2.44. The minimum atomic E-state index is -0.845. The number of esters is 1. The highest BCUT2D eigenvalue weighted by Gasteiger charge is 2.40. The van der Waals surface area contributed by atoms with Crippen molar-refractivity contribution >= 4 is 40.5 Å². The third-order valence-corrected chi connectivity index (χ3v) is 9.89. The quantitative estimate of drug-likeness (QED) is 0.101. The molecular formula is C37H42ClF2N5O2S. The highest BCUT2D eigenvalue weighted by molar-refractivity contribution is 7.11. The summed E-state index contributed by atoms with van der Waals surface area (Å²) in [6.07, 6.45) is 7.95. The lowest BCUT2D eigenvalue weighted by Crippen LogP contribution is -2.35. The number of amidine groups is 1. The molecule has 2 aliphatic rings. The van der Waals surface area contributed by atoms with Gasteiger partial charge in [-0.05, 0) is 112 Å². The number of carbonyl (C=O) groups is 1. The number of nitrogens with one attached hydrogen (secondary N) is 2. The Morgan fingerprint density at radius 3 is 2.81 bits per heavy atom. The van der Waals surface area contributed by atoms with E-state index in [-0.39, 0.29) is 11.5 Å². The molecule has 1 saturated heterocycles. The maximum absolute atomic E-state index is 14.4. The van der Waals surface area contributed by atoms with Crippen molar-refractivity contribution in [3.8, 4) is 0 Å². The zero-order valence-electron chi connectivity index (χ0n) is 27.8.